The SMILES string of the molecule is CC(C)c1cc(CN2CCCC2)ccc1Cl. The maximum Gasteiger partial charge on any atom is 0.0440 e. The van der Waals surface area contributed by atoms with Crippen molar-refractivity contribution in [2.75, 3.05) is 13.1 Å². The molecule has 0 aromatic heterocycles. The van der Waals surface area contributed by atoms with E-state index in [0.29, 0.717) is 5.92 Å². The third kappa shape index (κ3) is 2.78. The van der Waals surface area contributed by atoms with Gasteiger partial charge in [0.05, 0.1) is 0 Å². The number of nitrogens with zero attached hydrogens (tertiary/aromatic N) is 1. The van der Waals surface area contributed by atoms with Crippen molar-refractivity contribution in [1.82, 2.24) is 4.90 Å². The number of halogens is 1. The lowest BCUT2D eigenvalue weighted by Gasteiger charge is -2.16. The van der Waals surface area contributed by atoms with Gasteiger partial charge in [-0.1, -0.05) is 37.6 Å². The van der Waals surface area contributed by atoms with Crippen molar-refractivity contribution < 1.29 is 0 Å². The number of rotatable bonds is 3. The highest BCUT2D eigenvalue weighted by Crippen LogP contribution is 2.26. The van der Waals surface area contributed by atoms with Gasteiger partial charge in [0.2, 0.25) is 0 Å². The molecule has 1 aliphatic rings. The van der Waals surface area contributed by atoms with Gasteiger partial charge in [-0.15, -0.1) is 0 Å². The normalized spacial score (nSPS) is 17.2. The molecule has 16 heavy (non-hydrogen) atoms. The minimum atomic E-state index is 0.506. The summed E-state index contributed by atoms with van der Waals surface area (Å²) in [6, 6.07) is 6.47. The largest absolute Gasteiger partial charge is 0.299 e. The highest BCUT2D eigenvalue weighted by atomic mass is 35.5. The van der Waals surface area contributed by atoms with Gasteiger partial charge in [-0.05, 0) is 49.0 Å². The van der Waals surface area contributed by atoms with Crippen LogP contribution < -0.4 is 0 Å². The van der Waals surface area contributed by atoms with E-state index in [1.807, 2.05) is 6.07 Å². The molecule has 1 aromatic rings. The van der Waals surface area contributed by atoms with E-state index in [4.69, 9.17) is 11.6 Å². The Bertz CT molecular complexity index is 354. The van der Waals surface area contributed by atoms with Crippen molar-refractivity contribution in [1.29, 1.82) is 0 Å². The van der Waals surface area contributed by atoms with Crippen molar-refractivity contribution in [3.8, 4) is 0 Å². The van der Waals surface area contributed by atoms with Gasteiger partial charge in [-0.2, -0.15) is 0 Å². The van der Waals surface area contributed by atoms with Crippen LogP contribution in [0.1, 0.15) is 43.7 Å². The molecular formula is C14H20ClN. The first-order valence-electron chi connectivity index (χ1n) is 6.17. The van der Waals surface area contributed by atoms with E-state index in [1.54, 1.807) is 0 Å². The van der Waals surface area contributed by atoms with Crippen LogP contribution in [-0.4, -0.2) is 18.0 Å². The number of hydrogen-bond donors (Lipinski definition) is 0. The molecule has 1 heterocycles. The van der Waals surface area contributed by atoms with Crippen LogP contribution in [-0.2, 0) is 6.54 Å². The molecule has 0 unspecified atom stereocenters. The van der Waals surface area contributed by atoms with Gasteiger partial charge in [0.1, 0.15) is 0 Å². The molecule has 88 valence electrons. The molecule has 0 bridgehead atoms. The monoisotopic (exact) mass is 237 g/mol. The minimum absolute atomic E-state index is 0.506. The summed E-state index contributed by atoms with van der Waals surface area (Å²) in [4.78, 5) is 2.52. The fourth-order valence-electron chi connectivity index (χ4n) is 2.33. The first kappa shape index (κ1) is 11.9. The Morgan fingerprint density at radius 1 is 1.25 bits per heavy atom. The Morgan fingerprint density at radius 3 is 2.56 bits per heavy atom. The average Bonchev–Trinajstić information content (AvgIpc) is 2.73. The highest BCUT2D eigenvalue weighted by Gasteiger charge is 2.13. The summed E-state index contributed by atoms with van der Waals surface area (Å²) in [5.41, 5.74) is 2.67. The second-order valence-electron chi connectivity index (χ2n) is 4.99. The summed E-state index contributed by atoms with van der Waals surface area (Å²) in [5, 5.41) is 0.903. The Balaban J connectivity index is 2.12. The molecule has 0 N–H and O–H groups in total. The summed E-state index contributed by atoms with van der Waals surface area (Å²) >= 11 is 6.19. The summed E-state index contributed by atoms with van der Waals surface area (Å²) in [7, 11) is 0. The van der Waals surface area contributed by atoms with Crippen LogP contribution >= 0.6 is 11.6 Å². The molecule has 0 amide bonds. The maximum absolute atomic E-state index is 6.19. The number of likely N-dealkylation sites (tertiary alicyclic amines) is 1. The summed E-state index contributed by atoms with van der Waals surface area (Å²) < 4.78 is 0. The molecule has 0 aliphatic carbocycles. The third-order valence-electron chi connectivity index (χ3n) is 3.29. The standard InChI is InChI=1S/C14H20ClN/c1-11(2)13-9-12(5-6-14(13)15)10-16-7-3-4-8-16/h5-6,9,11H,3-4,7-8,10H2,1-2H3. The lowest BCUT2D eigenvalue weighted by molar-refractivity contribution is 0.331. The second kappa shape index (κ2) is 5.20. The van der Waals surface area contributed by atoms with Crippen LogP contribution in [0.3, 0.4) is 0 Å². The van der Waals surface area contributed by atoms with Crippen molar-refractivity contribution in [2.45, 2.75) is 39.2 Å². The molecular weight excluding hydrogens is 218 g/mol. The van der Waals surface area contributed by atoms with Crippen LogP contribution in [0, 0.1) is 0 Å². The van der Waals surface area contributed by atoms with Gasteiger partial charge in [-0.3, -0.25) is 4.90 Å². The zero-order valence-corrected chi connectivity index (χ0v) is 10.9. The van der Waals surface area contributed by atoms with Crippen molar-refractivity contribution >= 4 is 11.6 Å². The van der Waals surface area contributed by atoms with Crippen LogP contribution in [0.5, 0.6) is 0 Å². The predicted molar refractivity (Wildman–Crippen MR) is 70.1 cm³/mol. The third-order valence-corrected chi connectivity index (χ3v) is 3.63. The number of benzene rings is 1. The van der Waals surface area contributed by atoms with E-state index in [-0.39, 0.29) is 0 Å². The molecule has 0 radical (unpaired) electrons. The van der Waals surface area contributed by atoms with Crippen LogP contribution in [0.25, 0.3) is 0 Å². The molecule has 1 aliphatic heterocycles. The van der Waals surface area contributed by atoms with Crippen molar-refractivity contribution in [3.05, 3.63) is 34.3 Å². The summed E-state index contributed by atoms with van der Waals surface area (Å²) in [5.74, 6) is 0.506. The molecule has 2 heteroatoms. The fourth-order valence-corrected chi connectivity index (χ4v) is 2.67. The Kier molecular flexibility index (Phi) is 3.88. The van der Waals surface area contributed by atoms with E-state index in [2.05, 4.69) is 30.9 Å². The lowest BCUT2D eigenvalue weighted by Crippen LogP contribution is -2.18. The van der Waals surface area contributed by atoms with Gasteiger partial charge in [0, 0.05) is 11.6 Å². The smallest absolute Gasteiger partial charge is 0.0440 e. The van der Waals surface area contributed by atoms with Crippen molar-refractivity contribution in [3.63, 3.8) is 0 Å². The van der Waals surface area contributed by atoms with Crippen LogP contribution in [0.15, 0.2) is 18.2 Å². The highest BCUT2D eigenvalue weighted by molar-refractivity contribution is 6.31. The van der Waals surface area contributed by atoms with E-state index in [9.17, 15) is 0 Å². The van der Waals surface area contributed by atoms with Gasteiger partial charge in [-0.25, -0.2) is 0 Å². The molecule has 0 atom stereocenters. The number of hydrogen-bond acceptors (Lipinski definition) is 1. The summed E-state index contributed by atoms with van der Waals surface area (Å²) in [6.07, 6.45) is 2.70. The predicted octanol–water partition coefficient (Wildman–Crippen LogP) is 4.06. The Labute approximate surface area is 103 Å². The molecule has 0 spiro atoms. The van der Waals surface area contributed by atoms with E-state index in [1.165, 1.54) is 37.1 Å². The first-order valence-corrected chi connectivity index (χ1v) is 6.55. The van der Waals surface area contributed by atoms with Gasteiger partial charge in [0.25, 0.3) is 0 Å². The van der Waals surface area contributed by atoms with Crippen molar-refractivity contribution in [2.24, 2.45) is 0 Å². The van der Waals surface area contributed by atoms with E-state index < -0.39 is 0 Å². The van der Waals surface area contributed by atoms with E-state index in [0.717, 1.165) is 11.6 Å². The van der Waals surface area contributed by atoms with E-state index >= 15 is 0 Å². The Morgan fingerprint density at radius 2 is 1.94 bits per heavy atom. The average molecular weight is 238 g/mol. The summed E-state index contributed by atoms with van der Waals surface area (Å²) in [6.45, 7) is 7.97. The molecule has 0 saturated carbocycles. The lowest BCUT2D eigenvalue weighted by atomic mass is 10.0. The minimum Gasteiger partial charge on any atom is -0.299 e. The molecule has 1 saturated heterocycles. The van der Waals surface area contributed by atoms with Crippen LogP contribution in [0.2, 0.25) is 5.02 Å². The topological polar surface area (TPSA) is 3.24 Å². The van der Waals surface area contributed by atoms with Gasteiger partial charge >= 0.3 is 0 Å². The van der Waals surface area contributed by atoms with Gasteiger partial charge in [0.15, 0.2) is 0 Å². The first-order chi connectivity index (χ1) is 7.66. The molecule has 2 rings (SSSR count). The Hall–Kier alpha value is -0.530. The maximum atomic E-state index is 6.19. The quantitative estimate of drug-likeness (QED) is 0.767. The molecule has 1 nitrogen and oxygen atoms in total. The fraction of sp³-hybridized carbons (Fsp3) is 0.571. The zero-order valence-electron chi connectivity index (χ0n) is 10.2. The van der Waals surface area contributed by atoms with Gasteiger partial charge < -0.3 is 0 Å². The molecule has 1 fully saturated rings. The molecule has 1 aromatic carbocycles. The zero-order chi connectivity index (χ0) is 11.5. The second-order valence-corrected chi connectivity index (χ2v) is 5.40. The van der Waals surface area contributed by atoms with Crippen LogP contribution in [0.4, 0.5) is 0 Å².